The molecule has 32 heavy (non-hydrogen) atoms. The van der Waals surface area contributed by atoms with Gasteiger partial charge in [0.15, 0.2) is 0 Å². The van der Waals surface area contributed by atoms with Crippen LogP contribution in [0.3, 0.4) is 0 Å². The van der Waals surface area contributed by atoms with E-state index in [2.05, 4.69) is 27.3 Å². The van der Waals surface area contributed by atoms with Crippen LogP contribution in [0, 0.1) is 13.8 Å². The van der Waals surface area contributed by atoms with Gasteiger partial charge in [0, 0.05) is 55.9 Å². The molecule has 2 aromatic carbocycles. The van der Waals surface area contributed by atoms with Gasteiger partial charge in [-0.3, -0.25) is 14.6 Å². The van der Waals surface area contributed by atoms with E-state index in [1.165, 1.54) is 5.69 Å². The normalized spacial score (nSPS) is 13.9. The Morgan fingerprint density at radius 2 is 1.62 bits per heavy atom. The molecule has 166 valence electrons. The maximum absolute atomic E-state index is 12.6. The number of anilines is 1. The average Bonchev–Trinajstić information content (AvgIpc) is 2.82. The zero-order chi connectivity index (χ0) is 22.5. The Balaban J connectivity index is 1.25. The van der Waals surface area contributed by atoms with Crippen molar-refractivity contribution in [3.63, 3.8) is 0 Å². The minimum atomic E-state index is -0.0741. The molecule has 0 atom stereocenters. The molecule has 0 aliphatic carbocycles. The Labute approximate surface area is 189 Å². The first kappa shape index (κ1) is 21.8. The van der Waals surface area contributed by atoms with E-state index in [4.69, 9.17) is 0 Å². The van der Waals surface area contributed by atoms with Gasteiger partial charge in [0.05, 0.1) is 11.9 Å². The van der Waals surface area contributed by atoms with Gasteiger partial charge in [0.2, 0.25) is 11.8 Å². The lowest BCUT2D eigenvalue weighted by molar-refractivity contribution is -0.131. The van der Waals surface area contributed by atoms with Gasteiger partial charge in [0.25, 0.3) is 0 Å². The highest BCUT2D eigenvalue weighted by molar-refractivity contribution is 5.86. The number of carbonyl (C=O) groups is 2. The lowest BCUT2D eigenvalue weighted by atomic mass is 9.99. The van der Waals surface area contributed by atoms with E-state index in [1.54, 1.807) is 0 Å². The van der Waals surface area contributed by atoms with Gasteiger partial charge >= 0.3 is 0 Å². The van der Waals surface area contributed by atoms with Crippen LogP contribution < -0.4 is 10.2 Å². The van der Waals surface area contributed by atoms with Crippen molar-refractivity contribution in [2.45, 2.75) is 26.7 Å². The first-order valence-electron chi connectivity index (χ1n) is 11.2. The molecular formula is C26H30N4O2. The van der Waals surface area contributed by atoms with E-state index in [-0.39, 0.29) is 18.2 Å². The summed E-state index contributed by atoms with van der Waals surface area (Å²) in [7, 11) is 0. The molecule has 2 amide bonds. The first-order valence-corrected chi connectivity index (χ1v) is 11.2. The Hall–Kier alpha value is -3.41. The van der Waals surface area contributed by atoms with Crippen LogP contribution in [-0.4, -0.2) is 54.4 Å². The van der Waals surface area contributed by atoms with Gasteiger partial charge in [-0.1, -0.05) is 36.4 Å². The van der Waals surface area contributed by atoms with Crippen LogP contribution in [0.5, 0.6) is 0 Å². The van der Waals surface area contributed by atoms with Crippen molar-refractivity contribution in [2.24, 2.45) is 0 Å². The number of aromatic nitrogens is 1. The average molecular weight is 431 g/mol. The lowest BCUT2D eigenvalue weighted by Gasteiger charge is -2.36. The molecule has 0 radical (unpaired) electrons. The van der Waals surface area contributed by atoms with E-state index in [9.17, 15) is 9.59 Å². The van der Waals surface area contributed by atoms with E-state index in [0.717, 1.165) is 40.8 Å². The fourth-order valence-electron chi connectivity index (χ4n) is 4.37. The third kappa shape index (κ3) is 4.90. The second-order valence-electron chi connectivity index (χ2n) is 8.30. The van der Waals surface area contributed by atoms with Crippen molar-refractivity contribution in [3.05, 3.63) is 71.4 Å². The lowest BCUT2D eigenvalue weighted by Crippen LogP contribution is -2.49. The Bertz CT molecular complexity index is 1110. The van der Waals surface area contributed by atoms with Crippen molar-refractivity contribution in [3.8, 4) is 0 Å². The highest BCUT2D eigenvalue weighted by Gasteiger charge is 2.21. The summed E-state index contributed by atoms with van der Waals surface area (Å²) in [6.45, 7) is 7.42. The summed E-state index contributed by atoms with van der Waals surface area (Å²) in [6.07, 6.45) is 0.602. The van der Waals surface area contributed by atoms with E-state index < -0.39 is 0 Å². The number of benzene rings is 2. The molecule has 0 unspecified atom stereocenters. The maximum atomic E-state index is 12.6. The number of piperazine rings is 1. The van der Waals surface area contributed by atoms with Crippen LogP contribution in [0.2, 0.25) is 0 Å². The molecule has 4 rings (SSSR count). The smallest absolute Gasteiger partial charge is 0.224 e. The number of nitrogens with zero attached hydrogens (tertiary/aromatic N) is 3. The first-order chi connectivity index (χ1) is 15.5. The zero-order valence-electron chi connectivity index (χ0n) is 18.8. The second-order valence-corrected chi connectivity index (χ2v) is 8.30. The third-order valence-corrected chi connectivity index (χ3v) is 6.24. The zero-order valence-corrected chi connectivity index (χ0v) is 18.8. The SMILES string of the molecule is Cc1nc2ccccc2c(C)c1CC(=O)NCCC(=O)N1CCN(c2ccccc2)CC1. The number of hydrogen-bond donors (Lipinski definition) is 1. The molecule has 3 aromatic rings. The quantitative estimate of drug-likeness (QED) is 0.652. The molecule has 0 saturated carbocycles. The third-order valence-electron chi connectivity index (χ3n) is 6.24. The van der Waals surface area contributed by atoms with Crippen LogP contribution in [0.25, 0.3) is 10.9 Å². The van der Waals surface area contributed by atoms with Gasteiger partial charge in [0.1, 0.15) is 0 Å². The monoisotopic (exact) mass is 430 g/mol. The van der Waals surface area contributed by atoms with Crippen molar-refractivity contribution in [2.75, 3.05) is 37.6 Å². The topological polar surface area (TPSA) is 65.5 Å². The molecule has 1 aliphatic heterocycles. The van der Waals surface area contributed by atoms with Gasteiger partial charge in [-0.15, -0.1) is 0 Å². The highest BCUT2D eigenvalue weighted by atomic mass is 16.2. The fourth-order valence-corrected chi connectivity index (χ4v) is 4.37. The van der Waals surface area contributed by atoms with Crippen molar-refractivity contribution < 1.29 is 9.59 Å². The highest BCUT2D eigenvalue weighted by Crippen LogP contribution is 2.23. The number of carbonyl (C=O) groups excluding carboxylic acids is 2. The van der Waals surface area contributed by atoms with Crippen LogP contribution in [0.4, 0.5) is 5.69 Å². The summed E-state index contributed by atoms with van der Waals surface area (Å²) in [6, 6.07) is 18.3. The fraction of sp³-hybridized carbons (Fsp3) is 0.346. The molecule has 6 nitrogen and oxygen atoms in total. The predicted octanol–water partition coefficient (Wildman–Crippen LogP) is 3.25. The Morgan fingerprint density at radius 3 is 2.38 bits per heavy atom. The van der Waals surface area contributed by atoms with Crippen LogP contribution in [0.1, 0.15) is 23.2 Å². The van der Waals surface area contributed by atoms with Crippen molar-refractivity contribution in [1.82, 2.24) is 15.2 Å². The van der Waals surface area contributed by atoms with Gasteiger partial charge in [-0.05, 0) is 43.2 Å². The number of pyridine rings is 1. The van der Waals surface area contributed by atoms with E-state index in [0.29, 0.717) is 26.1 Å². The number of fused-ring (bicyclic) bond motifs is 1. The summed E-state index contributed by atoms with van der Waals surface area (Å²) < 4.78 is 0. The molecular weight excluding hydrogens is 400 g/mol. The minimum absolute atomic E-state index is 0.0741. The van der Waals surface area contributed by atoms with E-state index >= 15 is 0 Å². The summed E-state index contributed by atoms with van der Waals surface area (Å²) in [5.74, 6) is 0.0210. The van der Waals surface area contributed by atoms with Gasteiger partial charge in [-0.25, -0.2) is 0 Å². The predicted molar refractivity (Wildman–Crippen MR) is 128 cm³/mol. The van der Waals surface area contributed by atoms with Crippen LogP contribution in [0.15, 0.2) is 54.6 Å². The number of para-hydroxylation sites is 2. The summed E-state index contributed by atoms with van der Waals surface area (Å²) in [4.78, 5) is 34.0. The molecule has 2 heterocycles. The molecule has 1 aromatic heterocycles. The van der Waals surface area contributed by atoms with Crippen molar-refractivity contribution in [1.29, 1.82) is 0 Å². The van der Waals surface area contributed by atoms with Gasteiger partial charge in [-0.2, -0.15) is 0 Å². The molecule has 6 heteroatoms. The van der Waals surface area contributed by atoms with Crippen LogP contribution in [-0.2, 0) is 16.0 Å². The summed E-state index contributed by atoms with van der Waals surface area (Å²) >= 11 is 0. The summed E-state index contributed by atoms with van der Waals surface area (Å²) in [5.41, 5.74) is 5.08. The number of rotatable bonds is 6. The van der Waals surface area contributed by atoms with Crippen LogP contribution >= 0.6 is 0 Å². The van der Waals surface area contributed by atoms with Gasteiger partial charge < -0.3 is 15.1 Å². The number of nitrogens with one attached hydrogen (secondary N) is 1. The molecule has 1 saturated heterocycles. The molecule has 1 aliphatic rings. The largest absolute Gasteiger partial charge is 0.368 e. The number of hydrogen-bond acceptors (Lipinski definition) is 4. The maximum Gasteiger partial charge on any atom is 0.224 e. The minimum Gasteiger partial charge on any atom is -0.368 e. The second kappa shape index (κ2) is 9.81. The standard InChI is InChI=1S/C26H30N4O2/c1-19-22-10-6-7-11-24(22)28-20(2)23(19)18-25(31)27-13-12-26(32)30-16-14-29(15-17-30)21-8-4-3-5-9-21/h3-11H,12-18H2,1-2H3,(H,27,31). The molecule has 1 fully saturated rings. The molecule has 0 spiro atoms. The Morgan fingerprint density at radius 1 is 0.938 bits per heavy atom. The number of amides is 2. The Kier molecular flexibility index (Phi) is 6.69. The van der Waals surface area contributed by atoms with E-state index in [1.807, 2.05) is 61.2 Å². The van der Waals surface area contributed by atoms with Crippen molar-refractivity contribution >= 4 is 28.4 Å². The molecule has 1 N–H and O–H groups in total. The number of aryl methyl sites for hydroxylation is 2. The molecule has 0 bridgehead atoms. The summed E-state index contributed by atoms with van der Waals surface area (Å²) in [5, 5.41) is 3.99.